The third kappa shape index (κ3) is 3.68. The number of sulfonamides is 1. The van der Waals surface area contributed by atoms with Crippen LogP contribution in [0.1, 0.15) is 35.7 Å². The van der Waals surface area contributed by atoms with E-state index in [0.717, 1.165) is 12.8 Å². The normalized spacial score (nSPS) is 21.9. The van der Waals surface area contributed by atoms with Crippen LogP contribution in [0.25, 0.3) is 0 Å². The summed E-state index contributed by atoms with van der Waals surface area (Å²) in [7, 11) is -3.59. The van der Waals surface area contributed by atoms with Gasteiger partial charge in [-0.25, -0.2) is 13.2 Å². The fourth-order valence-corrected chi connectivity index (χ4v) is 5.25. The summed E-state index contributed by atoms with van der Waals surface area (Å²) in [5.41, 5.74) is 1.70. The van der Waals surface area contributed by atoms with E-state index in [0.29, 0.717) is 23.7 Å². The van der Waals surface area contributed by atoms with Crippen LogP contribution >= 0.6 is 0 Å². The Labute approximate surface area is 180 Å². The van der Waals surface area contributed by atoms with E-state index in [2.05, 4.69) is 10.7 Å². The van der Waals surface area contributed by atoms with Crippen molar-refractivity contribution in [1.82, 2.24) is 20.1 Å². The Bertz CT molecular complexity index is 1130. The van der Waals surface area contributed by atoms with Crippen molar-refractivity contribution in [3.8, 4) is 0 Å². The number of amides is 4. The maximum absolute atomic E-state index is 12.9. The van der Waals surface area contributed by atoms with Crippen LogP contribution in [0.2, 0.25) is 0 Å². The van der Waals surface area contributed by atoms with E-state index in [1.165, 1.54) is 28.6 Å². The number of hydrazine groups is 1. The molecule has 4 rings (SSSR count). The van der Waals surface area contributed by atoms with E-state index in [1.54, 1.807) is 37.3 Å². The first-order valence-corrected chi connectivity index (χ1v) is 11.3. The standard InChI is InChI=1S/C21H22N4O5S/c1-21(16-7-3-2-4-8-16)19(27)25(20(28)22-21)23-18(26)15-9-11-17(12-10-15)31(29,30)24-13-5-6-14-24/h2-4,7-12H,5-6,13-14H2,1H3,(H,22,28)(H,23,26). The minimum absolute atomic E-state index is 0.0950. The summed E-state index contributed by atoms with van der Waals surface area (Å²) in [6, 6.07) is 13.4. The lowest BCUT2D eigenvalue weighted by Crippen LogP contribution is -2.47. The Balaban J connectivity index is 1.49. The zero-order chi connectivity index (χ0) is 22.2. The fraction of sp³-hybridized carbons (Fsp3) is 0.286. The summed E-state index contributed by atoms with van der Waals surface area (Å²) in [5, 5.41) is 3.24. The lowest BCUT2D eigenvalue weighted by atomic mass is 9.92. The van der Waals surface area contributed by atoms with Crippen LogP contribution in [-0.2, 0) is 20.4 Å². The average Bonchev–Trinajstić information content (AvgIpc) is 3.39. The van der Waals surface area contributed by atoms with Crippen LogP contribution in [0.3, 0.4) is 0 Å². The zero-order valence-electron chi connectivity index (χ0n) is 16.9. The minimum atomic E-state index is -3.59. The van der Waals surface area contributed by atoms with Crippen molar-refractivity contribution in [2.24, 2.45) is 0 Å². The predicted octanol–water partition coefficient (Wildman–Crippen LogP) is 1.58. The van der Waals surface area contributed by atoms with Crippen molar-refractivity contribution in [3.05, 3.63) is 65.7 Å². The first-order valence-electron chi connectivity index (χ1n) is 9.87. The number of nitrogens with one attached hydrogen (secondary N) is 2. The molecule has 0 saturated carbocycles. The van der Waals surface area contributed by atoms with Crippen molar-refractivity contribution in [3.63, 3.8) is 0 Å². The Morgan fingerprint density at radius 2 is 1.61 bits per heavy atom. The molecule has 0 aromatic heterocycles. The molecule has 2 N–H and O–H groups in total. The topological polar surface area (TPSA) is 116 Å². The average molecular weight is 442 g/mol. The summed E-state index contributed by atoms with van der Waals surface area (Å²) < 4.78 is 26.6. The number of urea groups is 1. The van der Waals surface area contributed by atoms with Gasteiger partial charge in [0.2, 0.25) is 10.0 Å². The van der Waals surface area contributed by atoms with Crippen LogP contribution in [0.15, 0.2) is 59.5 Å². The van der Waals surface area contributed by atoms with Gasteiger partial charge in [-0.1, -0.05) is 30.3 Å². The second kappa shape index (κ2) is 7.78. The van der Waals surface area contributed by atoms with Crippen LogP contribution in [0.5, 0.6) is 0 Å². The highest BCUT2D eigenvalue weighted by Crippen LogP contribution is 2.28. The van der Waals surface area contributed by atoms with Gasteiger partial charge in [-0.3, -0.25) is 15.0 Å². The molecule has 0 radical (unpaired) electrons. The molecule has 10 heteroatoms. The summed E-state index contributed by atoms with van der Waals surface area (Å²) in [6.07, 6.45) is 1.65. The second-order valence-corrected chi connectivity index (χ2v) is 9.58. The van der Waals surface area contributed by atoms with Crippen LogP contribution in [0.4, 0.5) is 4.79 Å². The van der Waals surface area contributed by atoms with Crippen molar-refractivity contribution in [1.29, 1.82) is 0 Å². The molecule has 2 aliphatic heterocycles. The van der Waals surface area contributed by atoms with Gasteiger partial charge in [0, 0.05) is 18.7 Å². The third-order valence-corrected chi connectivity index (χ3v) is 7.49. The van der Waals surface area contributed by atoms with E-state index >= 15 is 0 Å². The molecule has 0 aliphatic carbocycles. The predicted molar refractivity (Wildman–Crippen MR) is 111 cm³/mol. The Morgan fingerprint density at radius 1 is 1.00 bits per heavy atom. The number of hydrogen-bond acceptors (Lipinski definition) is 5. The number of imide groups is 1. The van der Waals surface area contributed by atoms with E-state index < -0.39 is 33.4 Å². The maximum atomic E-state index is 12.9. The van der Waals surface area contributed by atoms with Gasteiger partial charge in [0.25, 0.3) is 11.8 Å². The lowest BCUT2D eigenvalue weighted by Gasteiger charge is -2.22. The molecule has 2 aromatic rings. The molecular formula is C21H22N4O5S. The largest absolute Gasteiger partial charge is 0.344 e. The highest BCUT2D eigenvalue weighted by Gasteiger charge is 2.50. The third-order valence-electron chi connectivity index (χ3n) is 5.57. The van der Waals surface area contributed by atoms with Gasteiger partial charge < -0.3 is 5.32 Å². The van der Waals surface area contributed by atoms with Crippen LogP contribution in [0, 0.1) is 0 Å². The second-order valence-electron chi connectivity index (χ2n) is 7.64. The number of nitrogens with zero attached hydrogens (tertiary/aromatic N) is 2. The van der Waals surface area contributed by atoms with Crippen LogP contribution < -0.4 is 10.7 Å². The monoisotopic (exact) mass is 442 g/mol. The van der Waals surface area contributed by atoms with Gasteiger partial charge in [0.05, 0.1) is 4.90 Å². The fourth-order valence-electron chi connectivity index (χ4n) is 3.73. The first-order chi connectivity index (χ1) is 14.7. The molecule has 0 bridgehead atoms. The summed E-state index contributed by atoms with van der Waals surface area (Å²) >= 11 is 0. The molecule has 4 amide bonds. The van der Waals surface area contributed by atoms with E-state index in [4.69, 9.17) is 0 Å². The molecule has 31 heavy (non-hydrogen) atoms. The molecule has 162 valence electrons. The number of carbonyl (C=O) groups is 3. The Morgan fingerprint density at radius 3 is 2.23 bits per heavy atom. The van der Waals surface area contributed by atoms with Gasteiger partial charge in [-0.05, 0) is 49.6 Å². The van der Waals surface area contributed by atoms with Crippen molar-refractivity contribution >= 4 is 27.9 Å². The van der Waals surface area contributed by atoms with Crippen LogP contribution in [-0.4, -0.2) is 48.7 Å². The molecule has 2 heterocycles. The summed E-state index contributed by atoms with van der Waals surface area (Å²) in [6.45, 7) is 2.53. The molecule has 2 fully saturated rings. The Hall–Kier alpha value is -3.24. The number of hydrogen-bond donors (Lipinski definition) is 2. The molecule has 2 saturated heterocycles. The van der Waals surface area contributed by atoms with Gasteiger partial charge in [-0.2, -0.15) is 9.31 Å². The van der Waals surface area contributed by atoms with Gasteiger partial charge in [0.1, 0.15) is 5.54 Å². The quantitative estimate of drug-likeness (QED) is 0.682. The summed E-state index contributed by atoms with van der Waals surface area (Å²) in [5.74, 6) is -1.32. The highest BCUT2D eigenvalue weighted by molar-refractivity contribution is 7.89. The molecule has 2 aromatic carbocycles. The minimum Gasteiger partial charge on any atom is -0.318 e. The maximum Gasteiger partial charge on any atom is 0.344 e. The molecule has 1 atom stereocenters. The van der Waals surface area contributed by atoms with Crippen molar-refractivity contribution < 1.29 is 22.8 Å². The highest BCUT2D eigenvalue weighted by atomic mass is 32.2. The van der Waals surface area contributed by atoms with Crippen molar-refractivity contribution in [2.75, 3.05) is 13.1 Å². The number of rotatable bonds is 5. The smallest absolute Gasteiger partial charge is 0.318 e. The molecule has 2 aliphatic rings. The first kappa shape index (κ1) is 21.0. The van der Waals surface area contributed by atoms with Gasteiger partial charge >= 0.3 is 6.03 Å². The van der Waals surface area contributed by atoms with E-state index in [-0.39, 0.29) is 10.5 Å². The lowest BCUT2D eigenvalue weighted by molar-refractivity contribution is -0.132. The van der Waals surface area contributed by atoms with E-state index in [1.807, 2.05) is 0 Å². The SMILES string of the molecule is CC1(c2ccccc2)NC(=O)N(NC(=O)c2ccc(S(=O)(=O)N3CCCC3)cc2)C1=O. The van der Waals surface area contributed by atoms with Gasteiger partial charge in [-0.15, -0.1) is 0 Å². The zero-order valence-corrected chi connectivity index (χ0v) is 17.7. The van der Waals surface area contributed by atoms with E-state index in [9.17, 15) is 22.8 Å². The molecule has 0 spiro atoms. The molecule has 1 unspecified atom stereocenters. The Kier molecular flexibility index (Phi) is 5.28. The van der Waals surface area contributed by atoms with Gasteiger partial charge in [0.15, 0.2) is 0 Å². The molecular weight excluding hydrogens is 420 g/mol. The van der Waals surface area contributed by atoms with Crippen molar-refractivity contribution in [2.45, 2.75) is 30.2 Å². The number of benzene rings is 2. The molecule has 9 nitrogen and oxygen atoms in total. The number of carbonyl (C=O) groups excluding carboxylic acids is 3. The summed E-state index contributed by atoms with van der Waals surface area (Å²) in [4.78, 5) is 38.0.